The molecule has 0 bridgehead atoms. The topological polar surface area (TPSA) is 116 Å². The molecule has 0 amide bonds. The minimum Gasteiger partial charge on any atom is -0.382 e. The molecule has 0 atom stereocenters. The molecule has 6 rings (SSSR count). The van der Waals surface area contributed by atoms with E-state index in [-0.39, 0.29) is 21.9 Å². The van der Waals surface area contributed by atoms with Crippen molar-refractivity contribution in [1.29, 1.82) is 0 Å². The molecule has 8 nitrogen and oxygen atoms in total. The Morgan fingerprint density at radius 1 is 1.21 bits per heavy atom. The lowest BCUT2D eigenvalue weighted by Gasteiger charge is -2.46. The number of aromatic nitrogens is 4. The molecule has 1 saturated heterocycles. The number of alkyl halides is 3. The van der Waals surface area contributed by atoms with E-state index in [1.54, 1.807) is 6.07 Å². The Labute approximate surface area is 195 Å². The molecule has 2 aliphatic rings. The predicted molar refractivity (Wildman–Crippen MR) is 126 cm³/mol. The number of hydrogen-bond acceptors (Lipinski definition) is 7. The van der Waals surface area contributed by atoms with Crippen molar-refractivity contribution in [3.63, 3.8) is 0 Å². The SMILES string of the molecule is Nc1nc(N2CCC3(CC(Nc4ccc5[nH]c(=O)[nH]c5c4)C3)C2)c2cc(CC(F)(F)F)sc2n1. The highest BCUT2D eigenvalue weighted by Gasteiger charge is 2.49. The fourth-order valence-corrected chi connectivity index (χ4v) is 6.45. The lowest BCUT2D eigenvalue weighted by Crippen LogP contribution is -2.46. The van der Waals surface area contributed by atoms with Gasteiger partial charge in [-0.05, 0) is 48.9 Å². The lowest BCUT2D eigenvalue weighted by atomic mass is 9.65. The highest BCUT2D eigenvalue weighted by atomic mass is 32.1. The van der Waals surface area contributed by atoms with E-state index in [9.17, 15) is 18.0 Å². The molecule has 1 aromatic carbocycles. The van der Waals surface area contributed by atoms with Gasteiger partial charge in [-0.15, -0.1) is 11.3 Å². The molecule has 0 radical (unpaired) electrons. The first-order valence-corrected chi connectivity index (χ1v) is 11.8. The van der Waals surface area contributed by atoms with Crippen LogP contribution in [0.4, 0.5) is 30.6 Å². The number of thiophene rings is 1. The van der Waals surface area contributed by atoms with E-state index >= 15 is 0 Å². The molecule has 4 heterocycles. The average molecular weight is 490 g/mol. The molecule has 5 N–H and O–H groups in total. The zero-order valence-electron chi connectivity index (χ0n) is 18.0. The predicted octanol–water partition coefficient (Wildman–Crippen LogP) is 4.02. The molecule has 12 heteroatoms. The molecule has 178 valence electrons. The number of anilines is 3. The summed E-state index contributed by atoms with van der Waals surface area (Å²) in [6, 6.07) is 7.63. The molecular weight excluding hydrogens is 467 g/mol. The van der Waals surface area contributed by atoms with Gasteiger partial charge in [0.1, 0.15) is 10.6 Å². The van der Waals surface area contributed by atoms with Gasteiger partial charge in [0.05, 0.1) is 22.8 Å². The van der Waals surface area contributed by atoms with Crippen LogP contribution in [0.25, 0.3) is 21.3 Å². The van der Waals surface area contributed by atoms with E-state index in [4.69, 9.17) is 5.73 Å². The zero-order valence-corrected chi connectivity index (χ0v) is 18.8. The van der Waals surface area contributed by atoms with Crippen LogP contribution in [-0.2, 0) is 6.42 Å². The van der Waals surface area contributed by atoms with Crippen molar-refractivity contribution < 1.29 is 13.2 Å². The molecule has 0 unspecified atom stereocenters. The largest absolute Gasteiger partial charge is 0.393 e. The van der Waals surface area contributed by atoms with E-state index in [0.29, 0.717) is 22.1 Å². The zero-order chi connectivity index (χ0) is 23.7. The quantitative estimate of drug-likeness (QED) is 0.344. The number of nitrogens with one attached hydrogen (secondary N) is 3. The van der Waals surface area contributed by atoms with Gasteiger partial charge in [0.15, 0.2) is 0 Å². The number of fused-ring (bicyclic) bond motifs is 2. The fraction of sp³-hybridized carbons (Fsp3) is 0.409. The Kier molecular flexibility index (Phi) is 4.60. The van der Waals surface area contributed by atoms with Gasteiger partial charge in [-0.2, -0.15) is 18.2 Å². The number of halogens is 3. The maximum atomic E-state index is 12.9. The lowest BCUT2D eigenvalue weighted by molar-refractivity contribution is -0.126. The molecule has 4 aromatic rings. The smallest absolute Gasteiger partial charge is 0.382 e. The molecule has 1 aliphatic heterocycles. The minimum absolute atomic E-state index is 0.0789. The summed E-state index contributed by atoms with van der Waals surface area (Å²) >= 11 is 1.02. The number of rotatable bonds is 4. The molecule has 2 fully saturated rings. The van der Waals surface area contributed by atoms with Crippen LogP contribution in [0.15, 0.2) is 29.1 Å². The van der Waals surface area contributed by atoms with Crippen molar-refractivity contribution in [2.45, 2.75) is 37.9 Å². The third-order valence-corrected chi connectivity index (χ3v) is 7.83. The fourth-order valence-electron chi connectivity index (χ4n) is 5.39. The van der Waals surface area contributed by atoms with Crippen molar-refractivity contribution in [3.8, 4) is 0 Å². The van der Waals surface area contributed by atoms with Crippen LogP contribution in [0.2, 0.25) is 0 Å². The Morgan fingerprint density at radius 2 is 2.00 bits per heavy atom. The third-order valence-electron chi connectivity index (χ3n) is 6.80. The molecule has 1 aliphatic carbocycles. The monoisotopic (exact) mass is 489 g/mol. The average Bonchev–Trinajstić information content (AvgIpc) is 3.41. The summed E-state index contributed by atoms with van der Waals surface area (Å²) in [5.41, 5.74) is 8.30. The summed E-state index contributed by atoms with van der Waals surface area (Å²) in [5.74, 6) is 0.706. The number of H-pyrrole nitrogens is 2. The number of nitrogens with zero attached hydrogens (tertiary/aromatic N) is 3. The first-order chi connectivity index (χ1) is 16.1. The second kappa shape index (κ2) is 7.36. The normalized spacial score (nSPS) is 22.7. The summed E-state index contributed by atoms with van der Waals surface area (Å²) < 4.78 is 38.7. The van der Waals surface area contributed by atoms with Crippen LogP contribution in [0, 0.1) is 5.41 Å². The second-order valence-corrected chi connectivity index (χ2v) is 10.5. The summed E-state index contributed by atoms with van der Waals surface area (Å²) in [7, 11) is 0. The molecule has 34 heavy (non-hydrogen) atoms. The number of nitrogen functional groups attached to an aromatic ring is 1. The highest BCUT2D eigenvalue weighted by molar-refractivity contribution is 7.18. The summed E-state index contributed by atoms with van der Waals surface area (Å²) in [6.07, 6.45) is -2.30. The first kappa shape index (κ1) is 21.3. The number of nitrogens with two attached hydrogens (primary N) is 1. The highest BCUT2D eigenvalue weighted by Crippen LogP contribution is 2.50. The van der Waals surface area contributed by atoms with Crippen LogP contribution in [0.1, 0.15) is 24.1 Å². The Hall–Kier alpha value is -3.28. The Bertz CT molecular complexity index is 1450. The van der Waals surface area contributed by atoms with Crippen molar-refractivity contribution in [2.75, 3.05) is 29.0 Å². The number of aromatic amines is 2. The van der Waals surface area contributed by atoms with Crippen LogP contribution in [0.3, 0.4) is 0 Å². The molecule has 1 spiro atoms. The summed E-state index contributed by atoms with van der Waals surface area (Å²) in [5, 5.41) is 4.18. The standard InChI is InChI=1S/C22H22F3N7OS/c23-22(24,25)9-13-6-14-17(30-19(26)31-18(14)34-13)32-4-3-21(10-32)7-12(8-21)27-11-1-2-15-16(5-11)29-20(33)28-15/h1-2,5-6,12,27H,3-4,7-10H2,(H2,26,30,31)(H2,28,29,33). The van der Waals surface area contributed by atoms with Crippen LogP contribution < -0.4 is 21.6 Å². The number of imidazole rings is 1. The van der Waals surface area contributed by atoms with Gasteiger partial charge >= 0.3 is 11.9 Å². The maximum absolute atomic E-state index is 12.9. The van der Waals surface area contributed by atoms with Crippen molar-refractivity contribution in [3.05, 3.63) is 39.6 Å². The van der Waals surface area contributed by atoms with Gasteiger partial charge in [0.2, 0.25) is 5.95 Å². The van der Waals surface area contributed by atoms with Crippen molar-refractivity contribution in [2.24, 2.45) is 5.41 Å². The van der Waals surface area contributed by atoms with E-state index in [2.05, 4.69) is 30.2 Å². The van der Waals surface area contributed by atoms with E-state index in [1.807, 2.05) is 18.2 Å². The molecule has 1 saturated carbocycles. The van der Waals surface area contributed by atoms with Gasteiger partial charge in [0.25, 0.3) is 0 Å². The third kappa shape index (κ3) is 3.85. The van der Waals surface area contributed by atoms with E-state index in [0.717, 1.165) is 60.4 Å². The second-order valence-electron chi connectivity index (χ2n) is 9.39. The van der Waals surface area contributed by atoms with Crippen molar-refractivity contribution in [1.82, 2.24) is 19.9 Å². The van der Waals surface area contributed by atoms with Gasteiger partial charge in [-0.1, -0.05) is 0 Å². The van der Waals surface area contributed by atoms with E-state index in [1.165, 1.54) is 0 Å². The van der Waals surface area contributed by atoms with Crippen LogP contribution in [-0.4, -0.2) is 45.2 Å². The number of hydrogen-bond donors (Lipinski definition) is 4. The van der Waals surface area contributed by atoms with Gasteiger partial charge in [-0.25, -0.2) is 9.78 Å². The van der Waals surface area contributed by atoms with Crippen LogP contribution >= 0.6 is 11.3 Å². The van der Waals surface area contributed by atoms with Crippen molar-refractivity contribution >= 4 is 50.0 Å². The number of benzene rings is 1. The first-order valence-electron chi connectivity index (χ1n) is 11.0. The molecular formula is C22H22F3N7OS. The van der Waals surface area contributed by atoms with Gasteiger partial charge < -0.3 is 25.9 Å². The Morgan fingerprint density at radius 3 is 2.79 bits per heavy atom. The van der Waals surface area contributed by atoms with Gasteiger partial charge in [-0.3, -0.25) is 0 Å². The maximum Gasteiger partial charge on any atom is 0.393 e. The summed E-state index contributed by atoms with van der Waals surface area (Å²) in [6.45, 7) is 1.56. The van der Waals surface area contributed by atoms with Crippen LogP contribution in [0.5, 0.6) is 0 Å². The van der Waals surface area contributed by atoms with Gasteiger partial charge in [0, 0.05) is 29.7 Å². The molecule has 3 aromatic heterocycles. The van der Waals surface area contributed by atoms with E-state index < -0.39 is 12.6 Å². The minimum atomic E-state index is -4.27. The summed E-state index contributed by atoms with van der Waals surface area (Å²) in [4.78, 5) is 28.4. The Balaban J connectivity index is 1.16.